The molecule has 26 heavy (non-hydrogen) atoms. The number of benzene rings is 1. The predicted octanol–water partition coefficient (Wildman–Crippen LogP) is 2.81. The topological polar surface area (TPSA) is 75.7 Å². The molecule has 1 aromatic carbocycles. The number of rotatable bonds is 5. The maximum Gasteiger partial charge on any atom is 0.254 e. The number of carbonyl (C=O) groups excluding carboxylic acids is 1. The molecule has 1 aromatic rings. The molecule has 2 fully saturated rings. The van der Waals surface area contributed by atoms with Crippen LogP contribution in [0.4, 0.5) is 0 Å². The van der Waals surface area contributed by atoms with Crippen LogP contribution in [0.5, 0.6) is 0 Å². The van der Waals surface area contributed by atoms with E-state index in [-0.39, 0.29) is 34.5 Å². The maximum atomic E-state index is 12.8. The molecule has 0 unspecified atom stereocenters. The Kier molecular flexibility index (Phi) is 6.22. The lowest BCUT2D eigenvalue weighted by atomic mass is 10.0. The van der Waals surface area contributed by atoms with Crippen molar-refractivity contribution in [3.05, 3.63) is 28.8 Å². The van der Waals surface area contributed by atoms with E-state index in [2.05, 4.69) is 4.72 Å². The van der Waals surface area contributed by atoms with Crippen LogP contribution in [0.1, 0.15) is 49.4 Å². The van der Waals surface area contributed by atoms with Crippen molar-refractivity contribution < 1.29 is 17.9 Å². The van der Waals surface area contributed by atoms with Crippen LogP contribution in [0.3, 0.4) is 0 Å². The molecule has 0 radical (unpaired) electrons. The van der Waals surface area contributed by atoms with Gasteiger partial charge in [-0.25, -0.2) is 13.1 Å². The summed E-state index contributed by atoms with van der Waals surface area (Å²) in [6.45, 7) is 3.58. The number of piperidine rings is 1. The van der Waals surface area contributed by atoms with E-state index in [1.807, 2.05) is 11.8 Å². The molecular weight excluding hydrogens is 376 g/mol. The maximum absolute atomic E-state index is 12.8. The number of amides is 1. The smallest absolute Gasteiger partial charge is 0.254 e. The second-order valence-corrected chi connectivity index (χ2v) is 9.12. The van der Waals surface area contributed by atoms with Crippen molar-refractivity contribution in [2.75, 3.05) is 19.7 Å². The lowest BCUT2D eigenvalue weighted by molar-refractivity contribution is 0.0635. The summed E-state index contributed by atoms with van der Waals surface area (Å²) in [5.74, 6) is -0.149. The first-order chi connectivity index (χ1) is 12.4. The molecule has 2 saturated heterocycles. The van der Waals surface area contributed by atoms with Gasteiger partial charge in [0.05, 0.1) is 11.1 Å². The quantitative estimate of drug-likeness (QED) is 0.824. The fourth-order valence-corrected chi connectivity index (χ4v) is 5.08. The summed E-state index contributed by atoms with van der Waals surface area (Å²) >= 11 is 6.12. The molecule has 0 aliphatic carbocycles. The first kappa shape index (κ1) is 19.6. The Labute approximate surface area is 159 Å². The van der Waals surface area contributed by atoms with Crippen molar-refractivity contribution in [1.29, 1.82) is 0 Å². The molecule has 3 rings (SSSR count). The Morgan fingerprint density at radius 1 is 1.31 bits per heavy atom. The van der Waals surface area contributed by atoms with Gasteiger partial charge < -0.3 is 9.64 Å². The van der Waals surface area contributed by atoms with Crippen molar-refractivity contribution in [2.45, 2.75) is 56.1 Å². The van der Waals surface area contributed by atoms with Crippen LogP contribution < -0.4 is 4.72 Å². The monoisotopic (exact) mass is 400 g/mol. The minimum Gasteiger partial charge on any atom is -0.377 e. The van der Waals surface area contributed by atoms with Gasteiger partial charge in [-0.1, -0.05) is 11.6 Å². The Morgan fingerprint density at radius 2 is 2.12 bits per heavy atom. The van der Waals surface area contributed by atoms with Gasteiger partial charge in [-0.2, -0.15) is 0 Å². The lowest BCUT2D eigenvalue weighted by Crippen LogP contribution is -2.42. The fourth-order valence-electron chi connectivity index (χ4n) is 3.49. The third-order valence-electron chi connectivity index (χ3n) is 5.06. The predicted molar refractivity (Wildman–Crippen MR) is 100.0 cm³/mol. The first-order valence-electron chi connectivity index (χ1n) is 9.10. The summed E-state index contributed by atoms with van der Waals surface area (Å²) < 4.78 is 33.3. The van der Waals surface area contributed by atoms with Crippen LogP contribution in [0, 0.1) is 0 Å². The Morgan fingerprint density at radius 3 is 2.81 bits per heavy atom. The van der Waals surface area contributed by atoms with Crippen molar-refractivity contribution >= 4 is 27.5 Å². The molecule has 2 heterocycles. The Balaban J connectivity index is 1.79. The van der Waals surface area contributed by atoms with Gasteiger partial charge >= 0.3 is 0 Å². The molecule has 1 amide bonds. The van der Waals surface area contributed by atoms with E-state index in [0.717, 1.165) is 32.1 Å². The molecule has 2 atom stereocenters. The average Bonchev–Trinajstić information content (AvgIpc) is 3.14. The summed E-state index contributed by atoms with van der Waals surface area (Å²) in [6, 6.07) is 4.60. The van der Waals surface area contributed by atoms with Gasteiger partial charge in [0.1, 0.15) is 4.90 Å². The van der Waals surface area contributed by atoms with Crippen LogP contribution >= 0.6 is 11.6 Å². The highest BCUT2D eigenvalue weighted by atomic mass is 35.5. The van der Waals surface area contributed by atoms with Crippen molar-refractivity contribution in [2.24, 2.45) is 0 Å². The third-order valence-corrected chi connectivity index (χ3v) is 6.96. The third kappa shape index (κ3) is 4.39. The molecule has 1 N–H and O–H groups in total. The van der Waals surface area contributed by atoms with E-state index in [9.17, 15) is 13.2 Å². The number of nitrogens with zero attached hydrogens (tertiary/aromatic N) is 1. The summed E-state index contributed by atoms with van der Waals surface area (Å²) in [5, 5.41) is 0.105. The van der Waals surface area contributed by atoms with E-state index >= 15 is 0 Å². The molecule has 8 heteroatoms. The van der Waals surface area contributed by atoms with Crippen LogP contribution in [0.15, 0.2) is 23.1 Å². The second kappa shape index (κ2) is 8.25. The zero-order valence-corrected chi connectivity index (χ0v) is 16.5. The highest BCUT2D eigenvalue weighted by Gasteiger charge is 2.27. The van der Waals surface area contributed by atoms with E-state index in [4.69, 9.17) is 16.3 Å². The molecule has 0 spiro atoms. The largest absolute Gasteiger partial charge is 0.377 e. The summed E-state index contributed by atoms with van der Waals surface area (Å²) in [4.78, 5) is 14.6. The van der Waals surface area contributed by atoms with Crippen LogP contribution in [0.25, 0.3) is 0 Å². The van der Waals surface area contributed by atoms with Crippen molar-refractivity contribution in [1.82, 2.24) is 9.62 Å². The summed E-state index contributed by atoms with van der Waals surface area (Å²) in [5.41, 5.74) is 0.348. The first-order valence-corrected chi connectivity index (χ1v) is 11.0. The van der Waals surface area contributed by atoms with E-state index in [1.165, 1.54) is 12.1 Å². The Hall–Kier alpha value is -1.15. The number of carbonyl (C=O) groups is 1. The number of hydrogen-bond acceptors (Lipinski definition) is 4. The highest BCUT2D eigenvalue weighted by Crippen LogP contribution is 2.25. The minimum absolute atomic E-state index is 0.0623. The number of sulfonamides is 1. The summed E-state index contributed by atoms with van der Waals surface area (Å²) in [6.07, 6.45) is 4.71. The SMILES string of the molecule is C[C@@H]1CCCCN1C(=O)c1ccc(Cl)c(S(=O)(=O)NC[C@@H]2CCCO2)c1. The number of ether oxygens (including phenoxy) is 1. The van der Waals surface area contributed by atoms with Crippen molar-refractivity contribution in [3.8, 4) is 0 Å². The van der Waals surface area contributed by atoms with Gasteiger partial charge in [-0.3, -0.25) is 4.79 Å². The number of likely N-dealkylation sites (tertiary alicyclic amines) is 1. The van der Waals surface area contributed by atoms with Gasteiger partial charge in [0, 0.05) is 31.3 Å². The molecular formula is C18H25ClN2O4S. The zero-order valence-electron chi connectivity index (χ0n) is 14.9. The Bertz CT molecular complexity index is 762. The lowest BCUT2D eigenvalue weighted by Gasteiger charge is -2.33. The number of nitrogens with one attached hydrogen (secondary N) is 1. The van der Waals surface area contributed by atoms with E-state index in [0.29, 0.717) is 18.7 Å². The average molecular weight is 401 g/mol. The van der Waals surface area contributed by atoms with E-state index in [1.54, 1.807) is 6.07 Å². The van der Waals surface area contributed by atoms with Gasteiger partial charge in [0.2, 0.25) is 10.0 Å². The standard InChI is InChI=1S/C18H25ClN2O4S/c1-13-5-2-3-9-21(13)18(22)14-7-8-16(19)17(11-14)26(23,24)20-12-15-6-4-10-25-15/h7-8,11,13,15,20H,2-6,9-10,12H2,1H3/t13-,15+/m1/s1. The molecule has 0 aromatic heterocycles. The van der Waals surface area contributed by atoms with Crippen LogP contribution in [0.2, 0.25) is 5.02 Å². The van der Waals surface area contributed by atoms with Crippen LogP contribution in [-0.2, 0) is 14.8 Å². The van der Waals surface area contributed by atoms with Gasteiger partial charge in [-0.05, 0) is 57.2 Å². The van der Waals surface area contributed by atoms with Gasteiger partial charge in [-0.15, -0.1) is 0 Å². The molecule has 6 nitrogen and oxygen atoms in total. The molecule has 2 aliphatic rings. The van der Waals surface area contributed by atoms with E-state index < -0.39 is 10.0 Å². The molecule has 0 bridgehead atoms. The fraction of sp³-hybridized carbons (Fsp3) is 0.611. The van der Waals surface area contributed by atoms with Crippen LogP contribution in [-0.4, -0.2) is 51.1 Å². The van der Waals surface area contributed by atoms with Gasteiger partial charge in [0.25, 0.3) is 5.91 Å². The zero-order chi connectivity index (χ0) is 18.7. The van der Waals surface area contributed by atoms with Crippen molar-refractivity contribution in [3.63, 3.8) is 0 Å². The second-order valence-electron chi connectivity index (χ2n) is 6.98. The highest BCUT2D eigenvalue weighted by molar-refractivity contribution is 7.89. The number of halogens is 1. The number of hydrogen-bond donors (Lipinski definition) is 1. The minimum atomic E-state index is -3.81. The summed E-state index contributed by atoms with van der Waals surface area (Å²) in [7, 11) is -3.81. The molecule has 2 aliphatic heterocycles. The van der Waals surface area contributed by atoms with Gasteiger partial charge in [0.15, 0.2) is 0 Å². The molecule has 144 valence electrons. The molecule has 0 saturated carbocycles. The normalized spacial score (nSPS) is 24.0.